The fraction of sp³-hybridized carbons (Fsp3) is 0.316. The second-order valence-electron chi connectivity index (χ2n) is 5.83. The van der Waals surface area contributed by atoms with Crippen LogP contribution < -0.4 is 20.1 Å². The first-order valence-electron chi connectivity index (χ1n) is 8.42. The van der Waals surface area contributed by atoms with E-state index in [-0.39, 0.29) is 5.82 Å². The van der Waals surface area contributed by atoms with E-state index in [9.17, 15) is 4.39 Å². The Morgan fingerprint density at radius 3 is 2.65 bits per heavy atom. The lowest BCUT2D eigenvalue weighted by molar-refractivity contribution is 0.171. The number of nitrogens with zero attached hydrogens (tertiary/aromatic N) is 1. The van der Waals surface area contributed by atoms with Crippen LogP contribution in [0.4, 0.5) is 4.39 Å². The van der Waals surface area contributed by atoms with Crippen LogP contribution >= 0.6 is 11.6 Å². The Labute approximate surface area is 157 Å². The van der Waals surface area contributed by atoms with Gasteiger partial charge in [0.1, 0.15) is 19.0 Å². The average molecular weight is 378 g/mol. The van der Waals surface area contributed by atoms with Gasteiger partial charge in [-0.2, -0.15) is 0 Å². The van der Waals surface area contributed by atoms with E-state index in [1.165, 1.54) is 12.1 Å². The Morgan fingerprint density at radius 2 is 1.88 bits per heavy atom. The lowest BCUT2D eigenvalue weighted by atomic mass is 10.1. The molecule has 0 saturated heterocycles. The van der Waals surface area contributed by atoms with Crippen molar-refractivity contribution in [3.63, 3.8) is 0 Å². The topological polar surface area (TPSA) is 54.9 Å². The first-order chi connectivity index (χ1) is 12.7. The molecule has 2 aromatic rings. The number of benzene rings is 2. The Hall–Kier alpha value is -2.47. The van der Waals surface area contributed by atoms with Gasteiger partial charge in [-0.15, -0.1) is 0 Å². The number of rotatable bonds is 5. The Bertz CT molecular complexity index is 781. The largest absolute Gasteiger partial charge is 0.486 e. The van der Waals surface area contributed by atoms with E-state index in [0.717, 1.165) is 17.5 Å². The maximum atomic E-state index is 12.9. The monoisotopic (exact) mass is 377 g/mol. The molecule has 0 bridgehead atoms. The number of ether oxygens (including phenoxy) is 2. The van der Waals surface area contributed by atoms with Crippen LogP contribution in [0.1, 0.15) is 11.1 Å². The van der Waals surface area contributed by atoms with Crippen LogP contribution in [-0.2, 0) is 13.0 Å². The molecule has 138 valence electrons. The van der Waals surface area contributed by atoms with E-state index in [2.05, 4.69) is 15.6 Å². The molecule has 0 amide bonds. The molecule has 5 nitrogen and oxygen atoms in total. The van der Waals surface area contributed by atoms with Gasteiger partial charge in [0, 0.05) is 20.1 Å². The van der Waals surface area contributed by atoms with Gasteiger partial charge in [-0.25, -0.2) is 4.39 Å². The fourth-order valence-electron chi connectivity index (χ4n) is 2.65. The van der Waals surface area contributed by atoms with Gasteiger partial charge in [-0.05, 0) is 41.8 Å². The molecule has 0 aromatic heterocycles. The molecule has 0 aliphatic carbocycles. The SMILES string of the molecule is CN=C(NCCc1ccc(F)cc1)NCc1cc(Cl)c2c(c1)OCCO2. The molecule has 0 fully saturated rings. The van der Waals surface area contributed by atoms with E-state index in [1.807, 2.05) is 12.1 Å². The van der Waals surface area contributed by atoms with Gasteiger partial charge in [-0.3, -0.25) is 4.99 Å². The molecule has 1 heterocycles. The van der Waals surface area contributed by atoms with E-state index in [1.54, 1.807) is 19.2 Å². The summed E-state index contributed by atoms with van der Waals surface area (Å²) in [7, 11) is 1.71. The van der Waals surface area contributed by atoms with Gasteiger partial charge >= 0.3 is 0 Å². The Balaban J connectivity index is 1.51. The van der Waals surface area contributed by atoms with Gasteiger partial charge in [0.2, 0.25) is 0 Å². The summed E-state index contributed by atoms with van der Waals surface area (Å²) in [5.41, 5.74) is 2.04. The first kappa shape index (κ1) is 18.3. The Morgan fingerprint density at radius 1 is 1.12 bits per heavy atom. The van der Waals surface area contributed by atoms with E-state index >= 15 is 0 Å². The molecule has 0 spiro atoms. The molecule has 26 heavy (non-hydrogen) atoms. The van der Waals surface area contributed by atoms with Crippen molar-refractivity contribution in [3.8, 4) is 11.5 Å². The van der Waals surface area contributed by atoms with Crippen LogP contribution in [-0.4, -0.2) is 32.8 Å². The zero-order valence-corrected chi connectivity index (χ0v) is 15.3. The number of nitrogens with one attached hydrogen (secondary N) is 2. The van der Waals surface area contributed by atoms with Gasteiger partial charge in [0.25, 0.3) is 0 Å². The Kier molecular flexibility index (Phi) is 6.17. The molecule has 2 N–H and O–H groups in total. The van der Waals surface area contributed by atoms with Gasteiger partial charge in [0.05, 0.1) is 5.02 Å². The summed E-state index contributed by atoms with van der Waals surface area (Å²) in [6, 6.07) is 10.3. The molecule has 1 aliphatic rings. The van der Waals surface area contributed by atoms with Gasteiger partial charge in [0.15, 0.2) is 17.5 Å². The molecule has 0 radical (unpaired) electrons. The first-order valence-corrected chi connectivity index (χ1v) is 8.80. The summed E-state index contributed by atoms with van der Waals surface area (Å²) >= 11 is 6.25. The summed E-state index contributed by atoms with van der Waals surface area (Å²) < 4.78 is 24.0. The van der Waals surface area contributed by atoms with Crippen LogP contribution in [0.2, 0.25) is 5.02 Å². The summed E-state index contributed by atoms with van der Waals surface area (Å²) in [5, 5.41) is 7.01. The minimum absolute atomic E-state index is 0.225. The van der Waals surface area contributed by atoms with E-state index in [0.29, 0.717) is 48.8 Å². The highest BCUT2D eigenvalue weighted by Gasteiger charge is 2.16. The zero-order chi connectivity index (χ0) is 18.4. The predicted octanol–water partition coefficient (Wildman–Crippen LogP) is 3.16. The molecule has 0 unspecified atom stereocenters. The van der Waals surface area contributed by atoms with Crippen molar-refractivity contribution in [1.82, 2.24) is 10.6 Å². The smallest absolute Gasteiger partial charge is 0.191 e. The van der Waals surface area contributed by atoms with Gasteiger partial charge < -0.3 is 20.1 Å². The number of hydrogen-bond donors (Lipinski definition) is 2. The molecule has 2 aromatic carbocycles. The summed E-state index contributed by atoms with van der Waals surface area (Å²) in [4.78, 5) is 4.20. The van der Waals surface area contributed by atoms with Crippen molar-refractivity contribution in [2.75, 3.05) is 26.8 Å². The average Bonchev–Trinajstić information content (AvgIpc) is 2.66. The molecule has 1 aliphatic heterocycles. The van der Waals surface area contributed by atoms with Crippen molar-refractivity contribution in [2.24, 2.45) is 4.99 Å². The van der Waals surface area contributed by atoms with Crippen LogP contribution in [0, 0.1) is 5.82 Å². The predicted molar refractivity (Wildman–Crippen MR) is 101 cm³/mol. The third kappa shape index (κ3) is 4.79. The third-order valence-corrected chi connectivity index (χ3v) is 4.24. The summed E-state index contributed by atoms with van der Waals surface area (Å²) in [6.07, 6.45) is 0.775. The van der Waals surface area contributed by atoms with Crippen molar-refractivity contribution in [2.45, 2.75) is 13.0 Å². The van der Waals surface area contributed by atoms with Gasteiger partial charge in [-0.1, -0.05) is 23.7 Å². The fourth-order valence-corrected chi connectivity index (χ4v) is 2.94. The minimum atomic E-state index is -0.225. The summed E-state index contributed by atoms with van der Waals surface area (Å²) in [5.74, 6) is 1.72. The second kappa shape index (κ2) is 8.76. The zero-order valence-electron chi connectivity index (χ0n) is 14.5. The molecule has 0 saturated carbocycles. The number of halogens is 2. The maximum Gasteiger partial charge on any atom is 0.191 e. The maximum absolute atomic E-state index is 12.9. The minimum Gasteiger partial charge on any atom is -0.486 e. The van der Waals surface area contributed by atoms with Crippen molar-refractivity contribution in [3.05, 3.63) is 58.4 Å². The van der Waals surface area contributed by atoms with Crippen molar-refractivity contribution >= 4 is 17.6 Å². The highest BCUT2D eigenvalue weighted by atomic mass is 35.5. The quantitative estimate of drug-likeness (QED) is 0.621. The summed E-state index contributed by atoms with van der Waals surface area (Å²) in [6.45, 7) is 2.27. The number of hydrogen-bond acceptors (Lipinski definition) is 3. The molecule has 0 atom stereocenters. The lowest BCUT2D eigenvalue weighted by Gasteiger charge is -2.20. The van der Waals surface area contributed by atoms with Crippen LogP contribution in [0.3, 0.4) is 0 Å². The molecular weight excluding hydrogens is 357 g/mol. The molecule has 3 rings (SSSR count). The highest BCUT2D eigenvalue weighted by molar-refractivity contribution is 6.32. The van der Waals surface area contributed by atoms with Crippen molar-refractivity contribution < 1.29 is 13.9 Å². The van der Waals surface area contributed by atoms with Crippen molar-refractivity contribution in [1.29, 1.82) is 0 Å². The lowest BCUT2D eigenvalue weighted by Crippen LogP contribution is -2.37. The normalized spacial score (nSPS) is 13.4. The molecule has 7 heteroatoms. The number of fused-ring (bicyclic) bond motifs is 1. The molecular formula is C19H21ClFN3O2. The third-order valence-electron chi connectivity index (χ3n) is 3.96. The van der Waals surface area contributed by atoms with E-state index < -0.39 is 0 Å². The number of guanidine groups is 1. The van der Waals surface area contributed by atoms with Crippen LogP contribution in [0.5, 0.6) is 11.5 Å². The second-order valence-corrected chi connectivity index (χ2v) is 6.24. The standard InChI is InChI=1S/C19H21ClFN3O2/c1-22-19(23-7-6-13-2-4-15(21)5-3-13)24-12-14-10-16(20)18-17(11-14)25-8-9-26-18/h2-5,10-11H,6-9,12H2,1H3,(H2,22,23,24). The highest BCUT2D eigenvalue weighted by Crippen LogP contribution is 2.38. The number of aliphatic imine (C=N–C) groups is 1. The van der Waals surface area contributed by atoms with Crippen LogP contribution in [0.25, 0.3) is 0 Å². The van der Waals surface area contributed by atoms with E-state index in [4.69, 9.17) is 21.1 Å². The van der Waals surface area contributed by atoms with Crippen LogP contribution in [0.15, 0.2) is 41.4 Å².